The van der Waals surface area contributed by atoms with Crippen LogP contribution >= 0.6 is 11.6 Å². The molecule has 22 heavy (non-hydrogen) atoms. The van der Waals surface area contributed by atoms with E-state index < -0.39 is 15.6 Å². The van der Waals surface area contributed by atoms with Gasteiger partial charge in [-0.05, 0) is 67.6 Å². The van der Waals surface area contributed by atoms with Gasteiger partial charge in [-0.25, -0.2) is 13.1 Å². The van der Waals surface area contributed by atoms with Gasteiger partial charge in [0, 0.05) is 5.02 Å². The zero-order valence-corrected chi connectivity index (χ0v) is 14.1. The molecular weight excluding hydrogens is 318 g/mol. The first kappa shape index (κ1) is 15.5. The lowest BCUT2D eigenvalue weighted by Gasteiger charge is -2.18. The van der Waals surface area contributed by atoms with Crippen molar-refractivity contribution in [3.8, 4) is 0 Å². The maximum absolute atomic E-state index is 12.7. The number of hydrogen-bond acceptors (Lipinski definition) is 2. The summed E-state index contributed by atoms with van der Waals surface area (Å²) in [6.45, 7) is 3.88. The highest BCUT2D eigenvalue weighted by Crippen LogP contribution is 2.46. The topological polar surface area (TPSA) is 46.2 Å². The van der Waals surface area contributed by atoms with Gasteiger partial charge in [-0.15, -0.1) is 0 Å². The highest BCUT2D eigenvalue weighted by Gasteiger charge is 2.47. The number of halogens is 1. The van der Waals surface area contributed by atoms with E-state index in [2.05, 4.69) is 4.72 Å². The minimum Gasteiger partial charge on any atom is -0.207 e. The zero-order chi connectivity index (χ0) is 16.0. The van der Waals surface area contributed by atoms with E-state index in [-0.39, 0.29) is 0 Å². The van der Waals surface area contributed by atoms with Crippen LogP contribution in [0.1, 0.15) is 29.5 Å². The number of aryl methyl sites for hydroxylation is 2. The van der Waals surface area contributed by atoms with Crippen molar-refractivity contribution in [3.05, 3.63) is 64.2 Å². The molecular formula is C17H18ClNO2S. The molecule has 2 aromatic carbocycles. The lowest BCUT2D eigenvalue weighted by molar-refractivity contribution is 0.551. The molecule has 0 amide bonds. The third kappa shape index (κ3) is 2.91. The standard InChI is InChI=1S/C17H18ClNO2S/c1-12-3-8-16(11-13(12)2)22(20,21)19-17(9-10-17)14-4-6-15(18)7-5-14/h3-8,11,19H,9-10H2,1-2H3. The number of sulfonamides is 1. The van der Waals surface area contributed by atoms with Gasteiger partial charge in [0.2, 0.25) is 10.0 Å². The van der Waals surface area contributed by atoms with Crippen LogP contribution in [-0.4, -0.2) is 8.42 Å². The third-order valence-corrected chi connectivity index (χ3v) is 6.05. The molecule has 0 unspecified atom stereocenters. The van der Waals surface area contributed by atoms with Crippen LogP contribution in [0, 0.1) is 13.8 Å². The van der Waals surface area contributed by atoms with Crippen molar-refractivity contribution in [2.45, 2.75) is 37.1 Å². The largest absolute Gasteiger partial charge is 0.241 e. The summed E-state index contributed by atoms with van der Waals surface area (Å²) < 4.78 is 28.2. The molecule has 1 saturated carbocycles. The second-order valence-corrected chi connectivity index (χ2v) is 8.06. The molecule has 1 aliphatic carbocycles. The first-order valence-electron chi connectivity index (χ1n) is 7.20. The Morgan fingerprint density at radius 2 is 1.64 bits per heavy atom. The van der Waals surface area contributed by atoms with Crippen LogP contribution in [0.5, 0.6) is 0 Å². The van der Waals surface area contributed by atoms with E-state index in [0.29, 0.717) is 9.92 Å². The number of rotatable bonds is 4. The predicted molar refractivity (Wildman–Crippen MR) is 88.6 cm³/mol. The molecule has 3 nitrogen and oxygen atoms in total. The molecule has 5 heteroatoms. The normalized spacial score (nSPS) is 16.5. The highest BCUT2D eigenvalue weighted by atomic mass is 35.5. The fourth-order valence-electron chi connectivity index (χ4n) is 2.54. The average Bonchev–Trinajstić information content (AvgIpc) is 3.22. The molecule has 1 N–H and O–H groups in total. The highest BCUT2D eigenvalue weighted by molar-refractivity contribution is 7.89. The molecule has 0 heterocycles. The molecule has 116 valence electrons. The average molecular weight is 336 g/mol. The van der Waals surface area contributed by atoms with Crippen molar-refractivity contribution < 1.29 is 8.42 Å². The third-order valence-electron chi connectivity index (χ3n) is 4.27. The summed E-state index contributed by atoms with van der Waals surface area (Å²) in [4.78, 5) is 0.316. The van der Waals surface area contributed by atoms with E-state index in [9.17, 15) is 8.42 Å². The van der Waals surface area contributed by atoms with Gasteiger partial charge in [0.05, 0.1) is 10.4 Å². The number of benzene rings is 2. The second kappa shape index (κ2) is 5.37. The second-order valence-electron chi connectivity index (χ2n) is 5.94. The minimum absolute atomic E-state index is 0.316. The van der Waals surface area contributed by atoms with E-state index in [1.807, 2.05) is 32.0 Å². The van der Waals surface area contributed by atoms with Crippen LogP contribution in [-0.2, 0) is 15.6 Å². The van der Waals surface area contributed by atoms with Crippen LogP contribution in [0.3, 0.4) is 0 Å². The van der Waals surface area contributed by atoms with Crippen LogP contribution in [0.2, 0.25) is 5.02 Å². The summed E-state index contributed by atoms with van der Waals surface area (Å²) in [6.07, 6.45) is 1.61. The summed E-state index contributed by atoms with van der Waals surface area (Å²) in [5.41, 5.74) is 2.53. The maximum atomic E-state index is 12.7. The van der Waals surface area contributed by atoms with E-state index in [0.717, 1.165) is 29.5 Å². The van der Waals surface area contributed by atoms with Gasteiger partial charge in [0.15, 0.2) is 0 Å². The SMILES string of the molecule is Cc1ccc(S(=O)(=O)NC2(c3ccc(Cl)cc3)CC2)cc1C. The molecule has 0 atom stereocenters. The van der Waals surface area contributed by atoms with Crippen molar-refractivity contribution in [1.82, 2.24) is 4.72 Å². The summed E-state index contributed by atoms with van der Waals surface area (Å²) in [5, 5.41) is 0.650. The van der Waals surface area contributed by atoms with Crippen LogP contribution in [0.15, 0.2) is 47.4 Å². The van der Waals surface area contributed by atoms with Crippen LogP contribution < -0.4 is 4.72 Å². The monoisotopic (exact) mass is 335 g/mol. The lowest BCUT2D eigenvalue weighted by Crippen LogP contribution is -2.34. The minimum atomic E-state index is -3.54. The summed E-state index contributed by atoms with van der Waals surface area (Å²) >= 11 is 5.90. The fraction of sp³-hybridized carbons (Fsp3) is 0.294. The van der Waals surface area contributed by atoms with Gasteiger partial charge < -0.3 is 0 Å². The van der Waals surface area contributed by atoms with E-state index >= 15 is 0 Å². The predicted octanol–water partition coefficient (Wildman–Crippen LogP) is 3.92. The first-order chi connectivity index (χ1) is 10.3. The smallest absolute Gasteiger partial charge is 0.207 e. The Morgan fingerprint density at radius 1 is 1.00 bits per heavy atom. The van der Waals surface area contributed by atoms with Crippen molar-refractivity contribution in [2.75, 3.05) is 0 Å². The molecule has 0 bridgehead atoms. The molecule has 0 saturated heterocycles. The van der Waals surface area contributed by atoms with Gasteiger partial charge in [-0.2, -0.15) is 0 Å². The van der Waals surface area contributed by atoms with Crippen molar-refractivity contribution in [3.63, 3.8) is 0 Å². The summed E-state index contributed by atoms with van der Waals surface area (Å²) in [6, 6.07) is 12.6. The Hall–Kier alpha value is -1.36. The van der Waals surface area contributed by atoms with Gasteiger partial charge in [-0.1, -0.05) is 29.8 Å². The number of hydrogen-bond donors (Lipinski definition) is 1. The van der Waals surface area contributed by atoms with Gasteiger partial charge >= 0.3 is 0 Å². The van der Waals surface area contributed by atoms with Gasteiger partial charge in [-0.3, -0.25) is 0 Å². The molecule has 0 spiro atoms. The molecule has 1 fully saturated rings. The number of nitrogens with one attached hydrogen (secondary N) is 1. The van der Waals surface area contributed by atoms with Gasteiger partial charge in [0.25, 0.3) is 0 Å². The van der Waals surface area contributed by atoms with E-state index in [1.54, 1.807) is 24.3 Å². The Balaban J connectivity index is 1.91. The Bertz CT molecular complexity index is 809. The molecule has 2 aromatic rings. The zero-order valence-electron chi connectivity index (χ0n) is 12.6. The molecule has 0 radical (unpaired) electrons. The molecule has 0 aliphatic heterocycles. The Labute approximate surface area is 136 Å². The van der Waals surface area contributed by atoms with Crippen molar-refractivity contribution in [2.24, 2.45) is 0 Å². The van der Waals surface area contributed by atoms with Crippen molar-refractivity contribution in [1.29, 1.82) is 0 Å². The fourth-order valence-corrected chi connectivity index (χ4v) is 4.20. The quantitative estimate of drug-likeness (QED) is 0.920. The van der Waals surface area contributed by atoms with Crippen LogP contribution in [0.4, 0.5) is 0 Å². The summed E-state index contributed by atoms with van der Waals surface area (Å²) in [5.74, 6) is 0. The Kier molecular flexibility index (Phi) is 3.79. The lowest BCUT2D eigenvalue weighted by atomic mass is 10.1. The van der Waals surface area contributed by atoms with Gasteiger partial charge in [0.1, 0.15) is 0 Å². The van der Waals surface area contributed by atoms with Crippen LogP contribution in [0.25, 0.3) is 0 Å². The van der Waals surface area contributed by atoms with Crippen molar-refractivity contribution >= 4 is 21.6 Å². The van der Waals surface area contributed by atoms with E-state index in [1.165, 1.54) is 0 Å². The molecule has 0 aromatic heterocycles. The van der Waals surface area contributed by atoms with E-state index in [4.69, 9.17) is 11.6 Å². The first-order valence-corrected chi connectivity index (χ1v) is 9.06. The Morgan fingerprint density at radius 3 is 2.18 bits per heavy atom. The summed E-state index contributed by atoms with van der Waals surface area (Å²) in [7, 11) is -3.54. The molecule has 1 aliphatic rings. The maximum Gasteiger partial charge on any atom is 0.241 e. The molecule has 3 rings (SSSR count).